The van der Waals surface area contributed by atoms with Gasteiger partial charge < -0.3 is 19.3 Å². The van der Waals surface area contributed by atoms with Crippen LogP contribution in [-0.4, -0.2) is 65.6 Å². The number of aromatic nitrogens is 1. The lowest BCUT2D eigenvalue weighted by atomic mass is 9.65. The Morgan fingerprint density at radius 1 is 1.06 bits per heavy atom. The van der Waals surface area contributed by atoms with Crippen LogP contribution in [0, 0.1) is 16.6 Å². The third kappa shape index (κ3) is 4.04. The number of fused-ring (bicyclic) bond motifs is 3. The van der Waals surface area contributed by atoms with Gasteiger partial charge in [0.1, 0.15) is 11.4 Å². The molecule has 1 amide bonds. The number of rotatable bonds is 4. The average Bonchev–Trinajstić information content (AvgIpc) is 3.63. The second-order valence-corrected chi connectivity index (χ2v) is 12.9. The number of benzene rings is 1. The van der Waals surface area contributed by atoms with Crippen LogP contribution in [0.4, 0.5) is 10.1 Å². The molecule has 36 heavy (non-hydrogen) atoms. The quantitative estimate of drug-likeness (QED) is 0.621. The number of amides is 1. The Balaban J connectivity index is 1.39. The van der Waals surface area contributed by atoms with E-state index in [4.69, 9.17) is 0 Å². The molecule has 2 unspecified atom stereocenters. The minimum atomic E-state index is -0.372. The second kappa shape index (κ2) is 8.30. The van der Waals surface area contributed by atoms with Gasteiger partial charge in [-0.15, -0.1) is 0 Å². The summed E-state index contributed by atoms with van der Waals surface area (Å²) in [4.78, 5) is 34.0. The summed E-state index contributed by atoms with van der Waals surface area (Å²) in [5.41, 5.74) is 1.46. The maximum atomic E-state index is 15.5. The Labute approximate surface area is 213 Å². The highest BCUT2D eigenvalue weighted by Crippen LogP contribution is 2.52. The van der Waals surface area contributed by atoms with E-state index in [0.717, 1.165) is 70.3 Å². The number of carbonyl (C=O) groups excluding carboxylic acids is 1. The highest BCUT2D eigenvalue weighted by atomic mass is 19.1. The van der Waals surface area contributed by atoms with Crippen molar-refractivity contribution >= 4 is 22.5 Å². The normalized spacial score (nSPS) is 28.2. The molecule has 194 valence electrons. The zero-order valence-corrected chi connectivity index (χ0v) is 22.1. The maximum Gasteiger partial charge on any atom is 0.259 e. The van der Waals surface area contributed by atoms with Crippen LogP contribution in [0.1, 0.15) is 76.2 Å². The molecule has 4 fully saturated rings. The number of carbonyl (C=O) groups is 1. The van der Waals surface area contributed by atoms with E-state index in [1.54, 1.807) is 6.20 Å². The Hall–Kier alpha value is -2.41. The molecule has 2 atom stereocenters. The van der Waals surface area contributed by atoms with E-state index in [1.165, 1.54) is 6.07 Å². The molecule has 7 heteroatoms. The minimum Gasteiger partial charge on any atom is -0.367 e. The minimum absolute atomic E-state index is 0.0945. The fraction of sp³-hybridized carbons (Fsp3) is 0.655. The van der Waals surface area contributed by atoms with Crippen molar-refractivity contribution in [1.29, 1.82) is 0 Å². The lowest BCUT2D eigenvalue weighted by Crippen LogP contribution is -2.46. The third-order valence-corrected chi connectivity index (χ3v) is 9.11. The van der Waals surface area contributed by atoms with Crippen LogP contribution >= 0.6 is 0 Å². The van der Waals surface area contributed by atoms with E-state index in [1.807, 2.05) is 11.0 Å². The smallest absolute Gasteiger partial charge is 0.259 e. The van der Waals surface area contributed by atoms with Crippen LogP contribution in [0.5, 0.6) is 0 Å². The van der Waals surface area contributed by atoms with Gasteiger partial charge in [0.05, 0.1) is 11.2 Å². The summed E-state index contributed by atoms with van der Waals surface area (Å²) < 4.78 is 17.5. The number of hydrogen-bond donors (Lipinski definition) is 0. The number of likely N-dealkylation sites (N-methyl/N-ethyl adjacent to an activating group) is 1. The summed E-state index contributed by atoms with van der Waals surface area (Å²) in [6.45, 7) is 14.0. The van der Waals surface area contributed by atoms with Gasteiger partial charge in [-0.1, -0.05) is 27.7 Å². The van der Waals surface area contributed by atoms with Gasteiger partial charge in [0.15, 0.2) is 0 Å². The summed E-state index contributed by atoms with van der Waals surface area (Å²) >= 11 is 0. The van der Waals surface area contributed by atoms with Gasteiger partial charge in [0, 0.05) is 56.4 Å². The Bertz CT molecular complexity index is 1270. The number of likely N-dealkylation sites (tertiary alicyclic amines) is 1. The molecule has 2 aliphatic heterocycles. The topological polar surface area (TPSA) is 48.8 Å². The number of pyridine rings is 1. The zero-order valence-electron chi connectivity index (χ0n) is 22.1. The van der Waals surface area contributed by atoms with E-state index in [0.29, 0.717) is 17.6 Å². The number of halogens is 1. The molecule has 2 saturated heterocycles. The van der Waals surface area contributed by atoms with Gasteiger partial charge >= 0.3 is 0 Å². The molecule has 0 radical (unpaired) electrons. The number of anilines is 1. The molecule has 6 nitrogen and oxygen atoms in total. The first-order valence-corrected chi connectivity index (χ1v) is 13.7. The SMILES string of the molecule is CCN1CCN(c2cc3c(cc2F)c(=O)c(C(=O)N2CC4(C)CC2CC(C)(C)C4)cn3C2CC2)CC1. The van der Waals surface area contributed by atoms with E-state index in [-0.39, 0.29) is 45.6 Å². The first-order valence-electron chi connectivity index (χ1n) is 13.7. The summed E-state index contributed by atoms with van der Waals surface area (Å²) in [5, 5.41) is 0.329. The molecule has 0 N–H and O–H groups in total. The van der Waals surface area contributed by atoms with Crippen molar-refractivity contribution < 1.29 is 9.18 Å². The van der Waals surface area contributed by atoms with E-state index in [9.17, 15) is 9.59 Å². The van der Waals surface area contributed by atoms with Crippen molar-refractivity contribution in [2.75, 3.05) is 44.2 Å². The molecule has 1 aromatic carbocycles. The van der Waals surface area contributed by atoms with Crippen LogP contribution in [0.2, 0.25) is 0 Å². The molecular formula is C29H39FN4O2. The Morgan fingerprint density at radius 2 is 1.78 bits per heavy atom. The van der Waals surface area contributed by atoms with Crippen molar-refractivity contribution in [2.45, 2.75) is 71.9 Å². The predicted octanol–water partition coefficient (Wildman–Crippen LogP) is 4.66. The highest BCUT2D eigenvalue weighted by Gasteiger charge is 2.51. The van der Waals surface area contributed by atoms with Crippen molar-refractivity contribution in [2.24, 2.45) is 10.8 Å². The molecule has 3 heterocycles. The van der Waals surface area contributed by atoms with Crippen molar-refractivity contribution in [1.82, 2.24) is 14.4 Å². The zero-order chi connectivity index (χ0) is 25.4. The fourth-order valence-electron chi connectivity index (χ4n) is 7.57. The molecule has 4 aliphatic rings. The second-order valence-electron chi connectivity index (χ2n) is 12.9. The van der Waals surface area contributed by atoms with Crippen molar-refractivity contribution in [3.05, 3.63) is 39.9 Å². The van der Waals surface area contributed by atoms with Gasteiger partial charge in [0.25, 0.3) is 5.91 Å². The first kappa shape index (κ1) is 24.0. The maximum absolute atomic E-state index is 15.5. The van der Waals surface area contributed by atoms with Gasteiger partial charge in [-0.25, -0.2) is 4.39 Å². The summed E-state index contributed by atoms with van der Waals surface area (Å²) in [6.07, 6.45) is 6.87. The summed E-state index contributed by atoms with van der Waals surface area (Å²) in [6, 6.07) is 3.68. The van der Waals surface area contributed by atoms with E-state index < -0.39 is 0 Å². The van der Waals surface area contributed by atoms with Crippen molar-refractivity contribution in [3.8, 4) is 0 Å². The average molecular weight is 495 g/mol. The third-order valence-electron chi connectivity index (χ3n) is 9.11. The van der Waals surface area contributed by atoms with Gasteiger partial charge in [-0.2, -0.15) is 0 Å². The largest absolute Gasteiger partial charge is 0.367 e. The first-order chi connectivity index (χ1) is 17.1. The molecule has 2 aromatic rings. The van der Waals surface area contributed by atoms with Gasteiger partial charge in [-0.3, -0.25) is 9.59 Å². The Morgan fingerprint density at radius 3 is 2.44 bits per heavy atom. The van der Waals surface area contributed by atoms with Gasteiger partial charge in [-0.05, 0) is 61.6 Å². The standard InChI is InChI=1S/C29H39FN4O2/c1-5-31-8-10-32(11-9-31)25-13-24-21(12-23(25)30)26(35)22(16-33(24)19-6-7-19)27(36)34-18-29(4)15-20(34)14-28(2,3)17-29/h12-13,16,19-20H,5-11,14-15,17-18H2,1-4H3. The van der Waals surface area contributed by atoms with Crippen molar-refractivity contribution in [3.63, 3.8) is 0 Å². The predicted molar refractivity (Wildman–Crippen MR) is 141 cm³/mol. The molecular weight excluding hydrogens is 455 g/mol. The monoisotopic (exact) mass is 494 g/mol. The lowest BCUT2D eigenvalue weighted by molar-refractivity contribution is 0.0706. The summed E-state index contributed by atoms with van der Waals surface area (Å²) in [7, 11) is 0. The van der Waals surface area contributed by atoms with Crippen LogP contribution in [0.3, 0.4) is 0 Å². The van der Waals surface area contributed by atoms with Crippen LogP contribution in [0.15, 0.2) is 23.1 Å². The fourth-order valence-corrected chi connectivity index (χ4v) is 7.57. The lowest BCUT2D eigenvalue weighted by Gasteiger charge is -2.39. The summed E-state index contributed by atoms with van der Waals surface area (Å²) in [5.74, 6) is -0.550. The number of hydrogen-bond acceptors (Lipinski definition) is 4. The number of piperazine rings is 1. The molecule has 6 rings (SSSR count). The van der Waals surface area contributed by atoms with E-state index >= 15 is 4.39 Å². The van der Waals surface area contributed by atoms with Crippen LogP contribution in [-0.2, 0) is 0 Å². The molecule has 2 saturated carbocycles. The molecule has 2 aliphatic carbocycles. The van der Waals surface area contributed by atoms with Gasteiger partial charge in [0.2, 0.25) is 5.43 Å². The molecule has 1 aromatic heterocycles. The van der Waals surface area contributed by atoms with Crippen LogP contribution < -0.4 is 10.3 Å². The molecule has 2 bridgehead atoms. The highest BCUT2D eigenvalue weighted by molar-refractivity contribution is 5.98. The number of nitrogens with zero attached hydrogens (tertiary/aromatic N) is 4. The Kier molecular flexibility index (Phi) is 5.52. The molecule has 0 spiro atoms. The van der Waals surface area contributed by atoms with Crippen LogP contribution in [0.25, 0.3) is 10.9 Å². The van der Waals surface area contributed by atoms with E-state index in [2.05, 4.69) is 42.1 Å².